The van der Waals surface area contributed by atoms with E-state index in [-0.39, 0.29) is 17.6 Å². The highest BCUT2D eigenvalue weighted by molar-refractivity contribution is 5.27. The summed E-state index contributed by atoms with van der Waals surface area (Å²) in [6.45, 7) is 14.7. The predicted molar refractivity (Wildman–Crippen MR) is 130 cm³/mol. The van der Waals surface area contributed by atoms with E-state index < -0.39 is 0 Å². The molecule has 4 aliphatic rings. The number of aliphatic hydroxyl groups excluding tert-OH is 2. The monoisotopic (exact) mass is 430 g/mol. The molecule has 0 heterocycles. The van der Waals surface area contributed by atoms with Gasteiger partial charge in [0.2, 0.25) is 0 Å². The minimum Gasteiger partial charge on any atom is -0.393 e. The summed E-state index contributed by atoms with van der Waals surface area (Å²) < 4.78 is 0. The third-order valence-corrected chi connectivity index (χ3v) is 11.3. The van der Waals surface area contributed by atoms with E-state index in [9.17, 15) is 10.2 Å². The quantitative estimate of drug-likeness (QED) is 0.446. The van der Waals surface area contributed by atoms with Gasteiger partial charge in [-0.15, -0.1) is 0 Å². The summed E-state index contributed by atoms with van der Waals surface area (Å²) in [7, 11) is 0. The minimum atomic E-state index is -0.303. The van der Waals surface area contributed by atoms with Crippen LogP contribution in [0, 0.1) is 52.3 Å². The molecule has 0 radical (unpaired) electrons. The molecule has 3 fully saturated rings. The van der Waals surface area contributed by atoms with Gasteiger partial charge in [-0.25, -0.2) is 0 Å². The molecule has 0 saturated heterocycles. The van der Waals surface area contributed by atoms with Crippen molar-refractivity contribution in [3.63, 3.8) is 0 Å². The van der Waals surface area contributed by atoms with Crippen molar-refractivity contribution in [1.82, 2.24) is 0 Å². The highest BCUT2D eigenvalue weighted by Gasteiger charge is 2.61. The normalized spacial score (nSPS) is 46.7. The second-order valence-corrected chi connectivity index (χ2v) is 13.0. The van der Waals surface area contributed by atoms with E-state index in [0.717, 1.165) is 42.9 Å². The molecule has 0 amide bonds. The first-order valence-corrected chi connectivity index (χ1v) is 13.7. The molecule has 2 heteroatoms. The smallest absolute Gasteiger partial charge is 0.0757 e. The maximum absolute atomic E-state index is 11.3. The van der Waals surface area contributed by atoms with Crippen LogP contribution in [0.5, 0.6) is 0 Å². The highest BCUT2D eigenvalue weighted by atomic mass is 16.3. The Morgan fingerprint density at radius 3 is 2.39 bits per heavy atom. The standard InChI is InChI=1S/C29H50O2/c1-7-20(18(2)3)9-8-19(4)23-10-11-24-27-25(13-15-29(23,24)6)28(5)14-12-22(30)16-21(28)17-26(27)31/h17-20,22-27,30-31H,7-16H2,1-6H3/t19-,20?,22+,23-,24+,25+,26+,27?,28+,29-/m1/s1. The minimum absolute atomic E-state index is 0.202. The Kier molecular flexibility index (Phi) is 6.75. The van der Waals surface area contributed by atoms with Gasteiger partial charge in [-0.3, -0.25) is 0 Å². The van der Waals surface area contributed by atoms with Crippen LogP contribution in [0.1, 0.15) is 106 Å². The summed E-state index contributed by atoms with van der Waals surface area (Å²) in [5, 5.41) is 21.6. The van der Waals surface area contributed by atoms with Crippen LogP contribution in [0.4, 0.5) is 0 Å². The zero-order chi connectivity index (χ0) is 22.6. The van der Waals surface area contributed by atoms with Gasteiger partial charge in [0.25, 0.3) is 0 Å². The van der Waals surface area contributed by atoms with Crippen LogP contribution < -0.4 is 0 Å². The van der Waals surface area contributed by atoms with Crippen molar-refractivity contribution in [1.29, 1.82) is 0 Å². The SMILES string of the molecule is CCC(CC[C@@H](C)[C@H]1CC[C@H]2C3[C@@H](O)C=C4C[C@@H](O)CC[C@]4(C)[C@H]3CC[C@]12C)C(C)C. The molecule has 2 unspecified atom stereocenters. The van der Waals surface area contributed by atoms with Gasteiger partial charge in [0.15, 0.2) is 0 Å². The number of aliphatic hydroxyl groups is 2. The number of rotatable bonds is 6. The van der Waals surface area contributed by atoms with Gasteiger partial charge in [0.05, 0.1) is 12.2 Å². The molecule has 0 spiro atoms. The Morgan fingerprint density at radius 1 is 0.968 bits per heavy atom. The third-order valence-electron chi connectivity index (χ3n) is 11.3. The van der Waals surface area contributed by atoms with Crippen molar-refractivity contribution in [2.45, 2.75) is 118 Å². The lowest BCUT2D eigenvalue weighted by molar-refractivity contribution is -0.0972. The van der Waals surface area contributed by atoms with Crippen LogP contribution >= 0.6 is 0 Å². The van der Waals surface area contributed by atoms with E-state index in [1.54, 1.807) is 0 Å². The summed E-state index contributed by atoms with van der Waals surface area (Å²) >= 11 is 0. The Bertz CT molecular complexity index is 668. The summed E-state index contributed by atoms with van der Waals surface area (Å²) in [5.74, 6) is 4.99. The molecular weight excluding hydrogens is 380 g/mol. The molecule has 0 bridgehead atoms. The Balaban J connectivity index is 1.52. The average molecular weight is 431 g/mol. The van der Waals surface area contributed by atoms with Crippen LogP contribution in [0.3, 0.4) is 0 Å². The van der Waals surface area contributed by atoms with E-state index >= 15 is 0 Å². The van der Waals surface area contributed by atoms with Crippen molar-refractivity contribution >= 4 is 0 Å². The van der Waals surface area contributed by atoms with Crippen LogP contribution in [0.2, 0.25) is 0 Å². The zero-order valence-corrected chi connectivity index (χ0v) is 21.2. The summed E-state index contributed by atoms with van der Waals surface area (Å²) in [4.78, 5) is 0. The molecule has 4 rings (SSSR count). The highest BCUT2D eigenvalue weighted by Crippen LogP contribution is 2.67. The molecule has 178 valence electrons. The molecule has 2 N–H and O–H groups in total. The van der Waals surface area contributed by atoms with Gasteiger partial charge >= 0.3 is 0 Å². The van der Waals surface area contributed by atoms with Gasteiger partial charge in [-0.1, -0.05) is 66.0 Å². The maximum Gasteiger partial charge on any atom is 0.0757 e. The molecule has 0 aliphatic heterocycles. The summed E-state index contributed by atoms with van der Waals surface area (Å²) in [6.07, 6.45) is 13.9. The van der Waals surface area contributed by atoms with Crippen molar-refractivity contribution in [2.24, 2.45) is 52.3 Å². The fourth-order valence-corrected chi connectivity index (χ4v) is 9.29. The van der Waals surface area contributed by atoms with Crippen LogP contribution in [0.25, 0.3) is 0 Å². The first-order chi connectivity index (χ1) is 14.6. The van der Waals surface area contributed by atoms with Gasteiger partial charge < -0.3 is 10.2 Å². The Hall–Kier alpha value is -0.340. The van der Waals surface area contributed by atoms with Gasteiger partial charge in [-0.05, 0) is 104 Å². The zero-order valence-electron chi connectivity index (χ0n) is 21.2. The summed E-state index contributed by atoms with van der Waals surface area (Å²) in [6, 6.07) is 0. The molecule has 0 aromatic rings. The van der Waals surface area contributed by atoms with Crippen molar-refractivity contribution in [2.75, 3.05) is 0 Å². The first kappa shape index (κ1) is 23.8. The predicted octanol–water partition coefficient (Wildman–Crippen LogP) is 7.00. The third kappa shape index (κ3) is 3.96. The summed E-state index contributed by atoms with van der Waals surface area (Å²) in [5.41, 5.74) is 1.97. The van der Waals surface area contributed by atoms with E-state index in [0.29, 0.717) is 23.2 Å². The maximum atomic E-state index is 11.3. The molecule has 0 aromatic heterocycles. The van der Waals surface area contributed by atoms with Gasteiger partial charge in [0.1, 0.15) is 0 Å². The average Bonchev–Trinajstić information content (AvgIpc) is 3.06. The Labute approximate surface area is 192 Å². The molecule has 0 aromatic carbocycles. The molecular formula is C29H50O2. The second kappa shape index (κ2) is 8.79. The molecule has 4 aliphatic carbocycles. The topological polar surface area (TPSA) is 40.5 Å². The van der Waals surface area contributed by atoms with Crippen LogP contribution in [-0.2, 0) is 0 Å². The van der Waals surface area contributed by atoms with Crippen LogP contribution in [-0.4, -0.2) is 22.4 Å². The first-order valence-electron chi connectivity index (χ1n) is 13.7. The Morgan fingerprint density at radius 2 is 1.71 bits per heavy atom. The van der Waals surface area contributed by atoms with Gasteiger partial charge in [0, 0.05) is 0 Å². The second-order valence-electron chi connectivity index (χ2n) is 13.0. The van der Waals surface area contributed by atoms with Gasteiger partial charge in [-0.2, -0.15) is 0 Å². The fraction of sp³-hybridized carbons (Fsp3) is 0.931. The molecule has 3 saturated carbocycles. The number of hydrogen-bond donors (Lipinski definition) is 2. The fourth-order valence-electron chi connectivity index (χ4n) is 9.29. The molecule has 10 atom stereocenters. The van der Waals surface area contributed by atoms with Crippen molar-refractivity contribution < 1.29 is 10.2 Å². The van der Waals surface area contributed by atoms with Crippen molar-refractivity contribution in [3.05, 3.63) is 11.6 Å². The number of fused-ring (bicyclic) bond motifs is 5. The van der Waals surface area contributed by atoms with E-state index in [2.05, 4.69) is 47.6 Å². The molecule has 2 nitrogen and oxygen atoms in total. The van der Waals surface area contributed by atoms with Crippen molar-refractivity contribution in [3.8, 4) is 0 Å². The van der Waals surface area contributed by atoms with E-state index in [4.69, 9.17) is 0 Å². The lowest BCUT2D eigenvalue weighted by Gasteiger charge is -2.59. The van der Waals surface area contributed by atoms with Crippen LogP contribution in [0.15, 0.2) is 11.6 Å². The van der Waals surface area contributed by atoms with E-state index in [1.807, 2.05) is 0 Å². The lowest BCUT2D eigenvalue weighted by atomic mass is 9.46. The molecule has 31 heavy (non-hydrogen) atoms. The lowest BCUT2D eigenvalue weighted by Crippen LogP contribution is -2.54. The number of hydrogen-bond acceptors (Lipinski definition) is 2. The largest absolute Gasteiger partial charge is 0.393 e. The van der Waals surface area contributed by atoms with E-state index in [1.165, 1.54) is 50.5 Å².